The standard InChI is InChI=1S/C32H35F2N3O4S/c1-19-3-8-28(41-16-24-7-4-21(12-20(24)2)30(40)36-10-9-32(33,34)18-36)26(11-19)27-17-42-31(35-27)37-14-22-5-6-23(15-37)25(22)13-29(38)39/h3-4,7-8,11-12,17,22-23,25H,5-6,9-10,13-16,18H2,1-2H3,(H,38,39)/t22-,23+,25?. The van der Waals surface area contributed by atoms with Gasteiger partial charge in [0.2, 0.25) is 0 Å². The molecule has 1 amide bonds. The van der Waals surface area contributed by atoms with Crippen LogP contribution >= 0.6 is 11.3 Å². The number of carbonyl (C=O) groups is 2. The first kappa shape index (κ1) is 28.6. The number of aromatic nitrogens is 1. The molecular formula is C32H35F2N3O4S. The van der Waals surface area contributed by atoms with Crippen LogP contribution in [0.3, 0.4) is 0 Å². The molecule has 1 saturated carbocycles. The molecule has 0 radical (unpaired) electrons. The van der Waals surface area contributed by atoms with Crippen LogP contribution in [0.1, 0.15) is 52.7 Å². The molecule has 3 aliphatic rings. The quantitative estimate of drug-likeness (QED) is 0.324. The molecule has 2 aliphatic heterocycles. The number of amides is 1. The number of fused-ring (bicyclic) bond motifs is 2. The fraction of sp³-hybridized carbons (Fsp3) is 0.469. The maximum atomic E-state index is 13.6. The molecule has 222 valence electrons. The second kappa shape index (κ2) is 11.3. The van der Waals surface area contributed by atoms with E-state index in [0.29, 0.717) is 23.1 Å². The Morgan fingerprint density at radius 2 is 1.88 bits per heavy atom. The van der Waals surface area contributed by atoms with Crippen molar-refractivity contribution in [3.05, 3.63) is 64.0 Å². The van der Waals surface area contributed by atoms with E-state index >= 15 is 0 Å². The molecule has 3 atom stereocenters. The summed E-state index contributed by atoms with van der Waals surface area (Å²) in [6.07, 6.45) is 2.12. The Balaban J connectivity index is 1.15. The highest BCUT2D eigenvalue weighted by Crippen LogP contribution is 2.46. The SMILES string of the molecule is Cc1ccc(OCc2ccc(C(=O)N3CCC(F)(F)C3)cc2C)c(-c2csc(N3C[C@H]4CC[C@@H](C3)C4CC(=O)O)n2)c1. The zero-order chi connectivity index (χ0) is 29.6. The Labute approximate surface area is 248 Å². The number of ether oxygens (including phenoxy) is 1. The molecule has 2 aromatic carbocycles. The summed E-state index contributed by atoms with van der Waals surface area (Å²) < 4.78 is 33.5. The van der Waals surface area contributed by atoms with Gasteiger partial charge in [0, 0.05) is 49.0 Å². The fourth-order valence-corrected chi connectivity index (χ4v) is 7.61. The molecule has 3 fully saturated rings. The van der Waals surface area contributed by atoms with Crippen LogP contribution in [0.5, 0.6) is 5.75 Å². The van der Waals surface area contributed by atoms with Gasteiger partial charge in [-0.05, 0) is 79.8 Å². The smallest absolute Gasteiger partial charge is 0.303 e. The van der Waals surface area contributed by atoms with Crippen LogP contribution in [0.25, 0.3) is 11.3 Å². The van der Waals surface area contributed by atoms with Gasteiger partial charge in [-0.2, -0.15) is 0 Å². The highest BCUT2D eigenvalue weighted by atomic mass is 32.1. The van der Waals surface area contributed by atoms with Gasteiger partial charge in [0.05, 0.1) is 12.2 Å². The topological polar surface area (TPSA) is 83.0 Å². The molecule has 2 bridgehead atoms. The van der Waals surface area contributed by atoms with E-state index in [9.17, 15) is 23.5 Å². The number of rotatable bonds is 8. The number of aliphatic carboxylic acids is 1. The minimum Gasteiger partial charge on any atom is -0.488 e. The summed E-state index contributed by atoms with van der Waals surface area (Å²) in [5.74, 6) is -2.14. The summed E-state index contributed by atoms with van der Waals surface area (Å²) in [4.78, 5) is 32.6. The predicted octanol–water partition coefficient (Wildman–Crippen LogP) is 6.42. The van der Waals surface area contributed by atoms with E-state index in [1.807, 2.05) is 32.0 Å². The summed E-state index contributed by atoms with van der Waals surface area (Å²) in [7, 11) is 0. The number of piperidine rings is 1. The lowest BCUT2D eigenvalue weighted by Crippen LogP contribution is -2.42. The number of carbonyl (C=O) groups excluding carboxylic acids is 1. The van der Waals surface area contributed by atoms with E-state index in [4.69, 9.17) is 9.72 Å². The number of nitrogens with zero attached hydrogens (tertiary/aromatic N) is 3. The lowest BCUT2D eigenvalue weighted by molar-refractivity contribution is -0.138. The number of halogens is 2. The van der Waals surface area contributed by atoms with Crippen molar-refractivity contribution in [1.82, 2.24) is 9.88 Å². The maximum absolute atomic E-state index is 13.6. The number of carboxylic acids is 1. The van der Waals surface area contributed by atoms with Crippen molar-refractivity contribution < 1.29 is 28.2 Å². The Hall–Kier alpha value is -3.53. The Morgan fingerprint density at radius 1 is 1.12 bits per heavy atom. The Bertz CT molecular complexity index is 1490. The molecular weight excluding hydrogens is 560 g/mol. The second-order valence-electron chi connectivity index (χ2n) is 12.0. The van der Waals surface area contributed by atoms with Crippen molar-refractivity contribution in [2.24, 2.45) is 17.8 Å². The molecule has 7 nitrogen and oxygen atoms in total. The van der Waals surface area contributed by atoms with E-state index in [1.165, 1.54) is 4.90 Å². The Morgan fingerprint density at radius 3 is 2.55 bits per heavy atom. The van der Waals surface area contributed by atoms with Crippen LogP contribution in [0.4, 0.5) is 13.9 Å². The van der Waals surface area contributed by atoms with Gasteiger partial charge in [0.25, 0.3) is 11.8 Å². The molecule has 2 saturated heterocycles. The number of anilines is 1. The minimum absolute atomic E-state index is 0.0639. The van der Waals surface area contributed by atoms with E-state index < -0.39 is 18.4 Å². The molecule has 1 N–H and O–H groups in total. The van der Waals surface area contributed by atoms with Gasteiger partial charge in [-0.15, -0.1) is 11.3 Å². The van der Waals surface area contributed by atoms with E-state index in [2.05, 4.69) is 16.3 Å². The third-order valence-electron chi connectivity index (χ3n) is 9.04. The zero-order valence-electron chi connectivity index (χ0n) is 23.8. The summed E-state index contributed by atoms with van der Waals surface area (Å²) in [6, 6.07) is 11.3. The predicted molar refractivity (Wildman–Crippen MR) is 157 cm³/mol. The first-order chi connectivity index (χ1) is 20.1. The molecule has 1 aliphatic carbocycles. The normalized spacial score (nSPS) is 22.9. The van der Waals surface area contributed by atoms with Crippen LogP contribution < -0.4 is 9.64 Å². The number of hydrogen-bond acceptors (Lipinski definition) is 6. The fourth-order valence-electron chi connectivity index (χ4n) is 6.77. The van der Waals surface area contributed by atoms with Crippen molar-refractivity contribution in [3.63, 3.8) is 0 Å². The average molecular weight is 596 g/mol. The summed E-state index contributed by atoms with van der Waals surface area (Å²) in [5.41, 5.74) is 5.00. The number of alkyl halides is 2. The largest absolute Gasteiger partial charge is 0.488 e. The van der Waals surface area contributed by atoms with Crippen LogP contribution in [0.15, 0.2) is 41.8 Å². The number of hydrogen-bond donors (Lipinski definition) is 1. The molecule has 42 heavy (non-hydrogen) atoms. The van der Waals surface area contributed by atoms with Gasteiger partial charge >= 0.3 is 5.97 Å². The lowest BCUT2D eigenvalue weighted by Gasteiger charge is -2.37. The molecule has 1 aromatic heterocycles. The third kappa shape index (κ3) is 5.86. The number of aryl methyl sites for hydroxylation is 2. The monoisotopic (exact) mass is 595 g/mol. The van der Waals surface area contributed by atoms with Gasteiger partial charge in [-0.3, -0.25) is 9.59 Å². The lowest BCUT2D eigenvalue weighted by atomic mass is 9.83. The summed E-state index contributed by atoms with van der Waals surface area (Å²) in [6.45, 7) is 5.43. The summed E-state index contributed by atoms with van der Waals surface area (Å²) in [5, 5.41) is 12.3. The molecule has 3 heterocycles. The minimum atomic E-state index is -2.82. The van der Waals surface area contributed by atoms with Crippen molar-refractivity contribution >= 4 is 28.3 Å². The number of thiazole rings is 1. The number of benzene rings is 2. The molecule has 1 unspecified atom stereocenters. The van der Waals surface area contributed by atoms with E-state index in [-0.39, 0.29) is 37.8 Å². The first-order valence-electron chi connectivity index (χ1n) is 14.5. The van der Waals surface area contributed by atoms with Crippen LogP contribution in [-0.4, -0.2) is 59.0 Å². The van der Waals surface area contributed by atoms with Crippen LogP contribution in [-0.2, 0) is 11.4 Å². The molecule has 10 heteroatoms. The molecule has 0 spiro atoms. The zero-order valence-corrected chi connectivity index (χ0v) is 24.6. The van der Waals surface area contributed by atoms with Crippen molar-refractivity contribution in [2.75, 3.05) is 31.1 Å². The Kier molecular flexibility index (Phi) is 7.68. The average Bonchev–Trinajstić information content (AvgIpc) is 3.63. The van der Waals surface area contributed by atoms with Gasteiger partial charge in [-0.1, -0.05) is 17.7 Å². The number of carboxylic acid groups (broad SMARTS) is 1. The first-order valence-corrected chi connectivity index (χ1v) is 15.4. The van der Waals surface area contributed by atoms with Crippen molar-refractivity contribution in [2.45, 2.75) is 52.1 Å². The second-order valence-corrected chi connectivity index (χ2v) is 12.9. The van der Waals surface area contributed by atoms with Crippen molar-refractivity contribution in [1.29, 1.82) is 0 Å². The maximum Gasteiger partial charge on any atom is 0.303 e. The highest BCUT2D eigenvalue weighted by Gasteiger charge is 2.43. The van der Waals surface area contributed by atoms with Gasteiger partial charge < -0.3 is 19.6 Å². The van der Waals surface area contributed by atoms with Gasteiger partial charge in [0.1, 0.15) is 12.4 Å². The highest BCUT2D eigenvalue weighted by molar-refractivity contribution is 7.14. The van der Waals surface area contributed by atoms with Crippen LogP contribution in [0, 0.1) is 31.6 Å². The van der Waals surface area contributed by atoms with Crippen LogP contribution in [0.2, 0.25) is 0 Å². The van der Waals surface area contributed by atoms with E-state index in [1.54, 1.807) is 23.5 Å². The van der Waals surface area contributed by atoms with Gasteiger partial charge in [0.15, 0.2) is 5.13 Å². The third-order valence-corrected chi connectivity index (χ3v) is 9.94. The summed E-state index contributed by atoms with van der Waals surface area (Å²) >= 11 is 1.60. The molecule has 6 rings (SSSR count). The van der Waals surface area contributed by atoms with E-state index in [0.717, 1.165) is 59.0 Å². The number of likely N-dealkylation sites (tertiary alicyclic amines) is 1. The molecule has 3 aromatic rings. The van der Waals surface area contributed by atoms with Gasteiger partial charge in [-0.25, -0.2) is 13.8 Å². The van der Waals surface area contributed by atoms with Crippen molar-refractivity contribution in [3.8, 4) is 17.0 Å².